The first-order valence-electron chi connectivity index (χ1n) is 4.32. The van der Waals surface area contributed by atoms with Crippen LogP contribution in [0.4, 0.5) is 32.0 Å². The van der Waals surface area contributed by atoms with Gasteiger partial charge in [0, 0.05) is 6.54 Å². The first kappa shape index (κ1) is 12.7. The second-order valence-electron chi connectivity index (χ2n) is 2.91. The molecule has 0 bridgehead atoms. The second kappa shape index (κ2) is 5.09. The number of halogens is 6. The van der Waals surface area contributed by atoms with Crippen molar-refractivity contribution in [1.29, 1.82) is 0 Å². The monoisotopic (exact) mass is 243 g/mol. The van der Waals surface area contributed by atoms with Crippen LogP contribution in [-0.4, -0.2) is 13.2 Å². The minimum Gasteiger partial charge on any atom is -0.380 e. The Bertz CT molecular complexity index is 363. The summed E-state index contributed by atoms with van der Waals surface area (Å²) in [5.74, 6) is -10.2. The van der Waals surface area contributed by atoms with Crippen LogP contribution in [0.5, 0.6) is 0 Å². The summed E-state index contributed by atoms with van der Waals surface area (Å²) in [6.07, 6.45) is -0.0977. The van der Waals surface area contributed by atoms with Crippen molar-refractivity contribution < 1.29 is 26.3 Å². The molecule has 7 heteroatoms. The zero-order chi connectivity index (χ0) is 12.3. The first-order chi connectivity index (χ1) is 7.50. The number of nitrogens with one attached hydrogen (secondary N) is 1. The molecule has 1 nitrogen and oxygen atoms in total. The molecule has 0 aromatic heterocycles. The number of hydrogen-bond acceptors (Lipinski definition) is 1. The van der Waals surface area contributed by atoms with Crippen molar-refractivity contribution >= 4 is 5.69 Å². The zero-order valence-electron chi connectivity index (χ0n) is 7.89. The Morgan fingerprint density at radius 1 is 0.750 bits per heavy atom. The SMILES string of the molecule is FCCCNc1c(F)c(F)c(F)c(F)c1F. The van der Waals surface area contributed by atoms with E-state index in [1.807, 2.05) is 5.32 Å². The minimum absolute atomic E-state index is 0.0977. The molecule has 1 rings (SSSR count). The predicted molar refractivity (Wildman–Crippen MR) is 45.3 cm³/mol. The van der Waals surface area contributed by atoms with Crippen molar-refractivity contribution in [2.24, 2.45) is 0 Å². The van der Waals surface area contributed by atoms with Gasteiger partial charge in [-0.05, 0) is 6.42 Å². The van der Waals surface area contributed by atoms with Crippen LogP contribution >= 0.6 is 0 Å². The van der Waals surface area contributed by atoms with Crippen molar-refractivity contribution in [2.75, 3.05) is 18.5 Å². The molecule has 16 heavy (non-hydrogen) atoms. The van der Waals surface area contributed by atoms with Gasteiger partial charge in [0.1, 0.15) is 5.69 Å². The third kappa shape index (κ3) is 2.23. The number of rotatable bonds is 4. The van der Waals surface area contributed by atoms with Gasteiger partial charge in [0.05, 0.1) is 6.67 Å². The highest BCUT2D eigenvalue weighted by Crippen LogP contribution is 2.26. The number of anilines is 1. The van der Waals surface area contributed by atoms with E-state index in [-0.39, 0.29) is 13.0 Å². The van der Waals surface area contributed by atoms with E-state index in [0.29, 0.717) is 0 Å². The molecule has 0 aliphatic heterocycles. The summed E-state index contributed by atoms with van der Waals surface area (Å²) < 4.78 is 75.4. The summed E-state index contributed by atoms with van der Waals surface area (Å²) in [6, 6.07) is 0. The summed E-state index contributed by atoms with van der Waals surface area (Å²) in [6.45, 7) is -0.989. The fraction of sp³-hybridized carbons (Fsp3) is 0.333. The quantitative estimate of drug-likeness (QED) is 0.370. The average Bonchev–Trinajstić information content (AvgIpc) is 2.28. The van der Waals surface area contributed by atoms with E-state index >= 15 is 0 Å². The topological polar surface area (TPSA) is 12.0 Å². The molecule has 1 aromatic carbocycles. The molecule has 1 aromatic rings. The van der Waals surface area contributed by atoms with E-state index in [0.717, 1.165) is 0 Å². The van der Waals surface area contributed by atoms with Crippen LogP contribution in [0.15, 0.2) is 0 Å². The number of benzene rings is 1. The largest absolute Gasteiger partial charge is 0.380 e. The Balaban J connectivity index is 3.08. The average molecular weight is 243 g/mol. The van der Waals surface area contributed by atoms with Crippen LogP contribution < -0.4 is 5.32 Å². The highest BCUT2D eigenvalue weighted by molar-refractivity contribution is 5.47. The van der Waals surface area contributed by atoms with Crippen LogP contribution in [-0.2, 0) is 0 Å². The fourth-order valence-corrected chi connectivity index (χ4v) is 1.04. The number of hydrogen-bond donors (Lipinski definition) is 1. The van der Waals surface area contributed by atoms with Gasteiger partial charge in [-0.3, -0.25) is 4.39 Å². The molecular formula is C9H7F6N. The number of alkyl halides is 1. The summed E-state index contributed by atoms with van der Waals surface area (Å²) in [5.41, 5.74) is -1.13. The Kier molecular flexibility index (Phi) is 4.03. The van der Waals surface area contributed by atoms with E-state index in [9.17, 15) is 26.3 Å². The van der Waals surface area contributed by atoms with Gasteiger partial charge in [-0.15, -0.1) is 0 Å². The summed E-state index contributed by atoms with van der Waals surface area (Å²) in [4.78, 5) is 0. The maximum absolute atomic E-state index is 13.0. The van der Waals surface area contributed by atoms with Crippen LogP contribution in [0.3, 0.4) is 0 Å². The van der Waals surface area contributed by atoms with E-state index in [1.54, 1.807) is 0 Å². The molecule has 0 spiro atoms. The maximum Gasteiger partial charge on any atom is 0.200 e. The van der Waals surface area contributed by atoms with Crippen molar-refractivity contribution in [2.45, 2.75) is 6.42 Å². The van der Waals surface area contributed by atoms with Gasteiger partial charge >= 0.3 is 0 Å². The molecule has 0 aliphatic rings. The lowest BCUT2D eigenvalue weighted by Gasteiger charge is -2.09. The molecule has 1 N–H and O–H groups in total. The van der Waals surface area contributed by atoms with Crippen LogP contribution in [0.2, 0.25) is 0 Å². The first-order valence-corrected chi connectivity index (χ1v) is 4.32. The fourth-order valence-electron chi connectivity index (χ4n) is 1.04. The van der Waals surface area contributed by atoms with Gasteiger partial charge in [0.15, 0.2) is 23.3 Å². The molecule has 0 aliphatic carbocycles. The van der Waals surface area contributed by atoms with Crippen LogP contribution in [0.1, 0.15) is 6.42 Å². The molecule has 90 valence electrons. The molecule has 0 amide bonds. The summed E-state index contributed by atoms with van der Waals surface area (Å²) in [5, 5.41) is 1.95. The highest BCUT2D eigenvalue weighted by Gasteiger charge is 2.25. The molecule has 0 saturated heterocycles. The third-order valence-electron chi connectivity index (χ3n) is 1.82. The Labute approximate surface area is 87.1 Å². The van der Waals surface area contributed by atoms with Gasteiger partial charge in [0.2, 0.25) is 5.82 Å². The third-order valence-corrected chi connectivity index (χ3v) is 1.82. The Morgan fingerprint density at radius 3 is 1.62 bits per heavy atom. The van der Waals surface area contributed by atoms with E-state index in [1.165, 1.54) is 0 Å². The Hall–Kier alpha value is -1.40. The lowest BCUT2D eigenvalue weighted by atomic mass is 10.2. The predicted octanol–water partition coefficient (Wildman–Crippen LogP) is 3.15. The van der Waals surface area contributed by atoms with Gasteiger partial charge in [0.25, 0.3) is 0 Å². The van der Waals surface area contributed by atoms with Crippen LogP contribution in [0, 0.1) is 29.1 Å². The summed E-state index contributed by atoms with van der Waals surface area (Å²) in [7, 11) is 0. The molecule has 0 unspecified atom stereocenters. The van der Waals surface area contributed by atoms with Crippen molar-refractivity contribution in [3.63, 3.8) is 0 Å². The van der Waals surface area contributed by atoms with Gasteiger partial charge in [-0.1, -0.05) is 0 Å². The van der Waals surface area contributed by atoms with Crippen molar-refractivity contribution in [3.8, 4) is 0 Å². The smallest absolute Gasteiger partial charge is 0.200 e. The standard InChI is InChI=1S/C9H7F6N/c10-2-1-3-16-9-7(14)5(12)4(11)6(13)8(9)15/h16H,1-3H2. The van der Waals surface area contributed by atoms with Crippen molar-refractivity contribution in [3.05, 3.63) is 29.1 Å². The van der Waals surface area contributed by atoms with E-state index < -0.39 is 41.4 Å². The zero-order valence-corrected chi connectivity index (χ0v) is 7.89. The highest BCUT2D eigenvalue weighted by atomic mass is 19.2. The summed E-state index contributed by atoms with van der Waals surface area (Å²) >= 11 is 0. The molecule has 0 saturated carbocycles. The van der Waals surface area contributed by atoms with Gasteiger partial charge in [-0.25, -0.2) is 22.0 Å². The Morgan fingerprint density at radius 2 is 1.19 bits per heavy atom. The molecular weight excluding hydrogens is 236 g/mol. The lowest BCUT2D eigenvalue weighted by Crippen LogP contribution is -2.11. The molecule has 0 atom stereocenters. The van der Waals surface area contributed by atoms with E-state index in [2.05, 4.69) is 0 Å². The van der Waals surface area contributed by atoms with E-state index in [4.69, 9.17) is 0 Å². The molecule has 0 heterocycles. The van der Waals surface area contributed by atoms with Gasteiger partial charge < -0.3 is 5.32 Å². The molecule has 0 radical (unpaired) electrons. The minimum atomic E-state index is -2.22. The second-order valence-corrected chi connectivity index (χ2v) is 2.91. The van der Waals surface area contributed by atoms with Crippen molar-refractivity contribution in [1.82, 2.24) is 0 Å². The lowest BCUT2D eigenvalue weighted by molar-refractivity contribution is 0.381. The molecule has 0 fully saturated rings. The van der Waals surface area contributed by atoms with Crippen LogP contribution in [0.25, 0.3) is 0 Å². The normalized spacial score (nSPS) is 10.6. The van der Waals surface area contributed by atoms with Gasteiger partial charge in [-0.2, -0.15) is 0 Å². The maximum atomic E-state index is 13.0.